The van der Waals surface area contributed by atoms with Crippen LogP contribution in [0, 0.1) is 6.92 Å². The number of carbonyl (C=O) groups excluding carboxylic acids is 1. The minimum atomic E-state index is -0.142. The Labute approximate surface area is 139 Å². The second-order valence-corrected chi connectivity index (χ2v) is 5.67. The molecule has 1 N–H and O–H groups in total. The number of benzene rings is 2. The van der Waals surface area contributed by atoms with Gasteiger partial charge in [0.25, 0.3) is 5.91 Å². The van der Waals surface area contributed by atoms with E-state index in [0.717, 1.165) is 16.8 Å². The van der Waals surface area contributed by atoms with Crippen molar-refractivity contribution in [3.05, 3.63) is 82.6 Å². The lowest BCUT2D eigenvalue weighted by atomic mass is 10.1. The molecular formula is C18H16ClN3O. The topological polar surface area (TPSA) is 46.9 Å². The highest BCUT2D eigenvalue weighted by Crippen LogP contribution is 2.17. The fourth-order valence-corrected chi connectivity index (χ4v) is 2.43. The van der Waals surface area contributed by atoms with E-state index < -0.39 is 0 Å². The van der Waals surface area contributed by atoms with E-state index in [1.807, 2.05) is 49.5 Å². The third-order valence-corrected chi connectivity index (χ3v) is 3.97. The van der Waals surface area contributed by atoms with E-state index in [1.165, 1.54) is 0 Å². The average molecular weight is 326 g/mol. The molecule has 1 amide bonds. The molecule has 23 heavy (non-hydrogen) atoms. The standard InChI is InChI=1S/C18H16ClN3O/c1-13-6-7-15(11-17(13)19)18(23)20-12-14-4-2-5-16(10-14)22-9-3-8-21-22/h2-11H,12H2,1H3,(H,20,23). The third-order valence-electron chi connectivity index (χ3n) is 3.57. The van der Waals surface area contributed by atoms with Gasteiger partial charge >= 0.3 is 0 Å². The zero-order valence-corrected chi connectivity index (χ0v) is 13.4. The van der Waals surface area contributed by atoms with E-state index >= 15 is 0 Å². The molecule has 0 saturated heterocycles. The maximum absolute atomic E-state index is 12.2. The molecule has 4 nitrogen and oxygen atoms in total. The molecule has 0 saturated carbocycles. The molecule has 0 aliphatic carbocycles. The van der Waals surface area contributed by atoms with Crippen LogP contribution >= 0.6 is 11.6 Å². The predicted molar refractivity (Wildman–Crippen MR) is 90.9 cm³/mol. The Bertz CT molecular complexity index is 828. The molecule has 0 aliphatic rings. The lowest BCUT2D eigenvalue weighted by Gasteiger charge is -2.08. The van der Waals surface area contributed by atoms with Gasteiger partial charge in [-0.2, -0.15) is 5.10 Å². The first-order valence-electron chi connectivity index (χ1n) is 7.27. The number of aromatic nitrogens is 2. The fraction of sp³-hybridized carbons (Fsp3) is 0.111. The van der Waals surface area contributed by atoms with Gasteiger partial charge in [0.2, 0.25) is 0 Å². The van der Waals surface area contributed by atoms with Crippen LogP contribution in [-0.2, 0) is 6.54 Å². The molecule has 0 unspecified atom stereocenters. The molecular weight excluding hydrogens is 310 g/mol. The quantitative estimate of drug-likeness (QED) is 0.793. The molecule has 0 aliphatic heterocycles. The molecule has 0 fully saturated rings. The van der Waals surface area contributed by atoms with Gasteiger partial charge in [-0.25, -0.2) is 4.68 Å². The van der Waals surface area contributed by atoms with Crippen LogP contribution in [0.5, 0.6) is 0 Å². The third kappa shape index (κ3) is 3.60. The summed E-state index contributed by atoms with van der Waals surface area (Å²) >= 11 is 6.06. The van der Waals surface area contributed by atoms with Gasteiger partial charge in [-0.1, -0.05) is 29.8 Å². The van der Waals surface area contributed by atoms with Crippen molar-refractivity contribution in [2.45, 2.75) is 13.5 Å². The lowest BCUT2D eigenvalue weighted by Crippen LogP contribution is -2.22. The summed E-state index contributed by atoms with van der Waals surface area (Å²) in [6.45, 7) is 2.35. The van der Waals surface area contributed by atoms with E-state index in [-0.39, 0.29) is 5.91 Å². The van der Waals surface area contributed by atoms with E-state index in [1.54, 1.807) is 23.0 Å². The summed E-state index contributed by atoms with van der Waals surface area (Å²) in [7, 11) is 0. The minimum Gasteiger partial charge on any atom is -0.348 e. The first kappa shape index (κ1) is 15.3. The van der Waals surface area contributed by atoms with E-state index in [0.29, 0.717) is 17.1 Å². The Morgan fingerprint density at radius 3 is 2.83 bits per heavy atom. The van der Waals surface area contributed by atoms with Crippen LogP contribution in [-0.4, -0.2) is 15.7 Å². The van der Waals surface area contributed by atoms with Crippen molar-refractivity contribution in [3.8, 4) is 5.69 Å². The number of hydrogen-bond donors (Lipinski definition) is 1. The Morgan fingerprint density at radius 1 is 1.22 bits per heavy atom. The fourth-order valence-electron chi connectivity index (χ4n) is 2.25. The summed E-state index contributed by atoms with van der Waals surface area (Å²) < 4.78 is 1.78. The lowest BCUT2D eigenvalue weighted by molar-refractivity contribution is 0.0951. The van der Waals surface area contributed by atoms with Crippen molar-refractivity contribution < 1.29 is 4.79 Å². The van der Waals surface area contributed by atoms with Crippen LogP contribution in [0.15, 0.2) is 60.9 Å². The zero-order chi connectivity index (χ0) is 16.2. The van der Waals surface area contributed by atoms with Gasteiger partial charge in [-0.3, -0.25) is 4.79 Å². The summed E-state index contributed by atoms with van der Waals surface area (Å²) in [6, 6.07) is 15.1. The number of amides is 1. The van der Waals surface area contributed by atoms with Crippen LogP contribution in [0.2, 0.25) is 5.02 Å². The SMILES string of the molecule is Cc1ccc(C(=O)NCc2cccc(-n3cccn3)c2)cc1Cl. The van der Waals surface area contributed by atoms with Crippen molar-refractivity contribution in [1.82, 2.24) is 15.1 Å². The maximum Gasteiger partial charge on any atom is 0.251 e. The Hall–Kier alpha value is -2.59. The van der Waals surface area contributed by atoms with Gasteiger partial charge in [0.1, 0.15) is 0 Å². The summed E-state index contributed by atoms with van der Waals surface area (Å²) in [5, 5.41) is 7.71. The Morgan fingerprint density at radius 2 is 2.09 bits per heavy atom. The molecule has 5 heteroatoms. The molecule has 2 aromatic carbocycles. The van der Waals surface area contributed by atoms with Crippen LogP contribution in [0.4, 0.5) is 0 Å². The van der Waals surface area contributed by atoms with Crippen LogP contribution in [0.3, 0.4) is 0 Å². The smallest absolute Gasteiger partial charge is 0.251 e. The normalized spacial score (nSPS) is 10.5. The van der Waals surface area contributed by atoms with E-state index in [2.05, 4.69) is 10.4 Å². The van der Waals surface area contributed by atoms with Gasteiger partial charge in [0.15, 0.2) is 0 Å². The molecule has 1 heterocycles. The Balaban J connectivity index is 1.69. The van der Waals surface area contributed by atoms with Gasteiger partial charge in [-0.15, -0.1) is 0 Å². The van der Waals surface area contributed by atoms with E-state index in [9.17, 15) is 4.79 Å². The van der Waals surface area contributed by atoms with Gasteiger partial charge in [0.05, 0.1) is 5.69 Å². The number of halogens is 1. The van der Waals surface area contributed by atoms with Gasteiger partial charge in [-0.05, 0) is 48.4 Å². The average Bonchev–Trinajstić information content (AvgIpc) is 3.10. The van der Waals surface area contributed by atoms with Crippen LogP contribution in [0.25, 0.3) is 5.69 Å². The molecule has 3 rings (SSSR count). The maximum atomic E-state index is 12.2. The van der Waals surface area contributed by atoms with Gasteiger partial charge < -0.3 is 5.32 Å². The second-order valence-electron chi connectivity index (χ2n) is 5.27. The molecule has 0 atom stereocenters. The van der Waals surface area contributed by atoms with Crippen molar-refractivity contribution in [2.24, 2.45) is 0 Å². The summed E-state index contributed by atoms with van der Waals surface area (Å²) in [5.74, 6) is -0.142. The van der Waals surface area contributed by atoms with Gasteiger partial charge in [0, 0.05) is 29.5 Å². The Kier molecular flexibility index (Phi) is 4.44. The first-order chi connectivity index (χ1) is 11.1. The number of nitrogens with zero attached hydrogens (tertiary/aromatic N) is 2. The number of aryl methyl sites for hydroxylation is 1. The highest BCUT2D eigenvalue weighted by molar-refractivity contribution is 6.31. The second kappa shape index (κ2) is 6.67. The molecule has 0 bridgehead atoms. The number of nitrogens with one attached hydrogen (secondary N) is 1. The van der Waals surface area contributed by atoms with Crippen molar-refractivity contribution in [1.29, 1.82) is 0 Å². The molecule has 0 radical (unpaired) electrons. The largest absolute Gasteiger partial charge is 0.348 e. The predicted octanol–water partition coefficient (Wildman–Crippen LogP) is 3.76. The van der Waals surface area contributed by atoms with Crippen LogP contribution in [0.1, 0.15) is 21.5 Å². The first-order valence-corrected chi connectivity index (χ1v) is 7.64. The number of carbonyl (C=O) groups is 1. The summed E-state index contributed by atoms with van der Waals surface area (Å²) in [6.07, 6.45) is 3.61. The summed E-state index contributed by atoms with van der Waals surface area (Å²) in [4.78, 5) is 12.2. The molecule has 3 aromatic rings. The molecule has 1 aromatic heterocycles. The van der Waals surface area contributed by atoms with Crippen LogP contribution < -0.4 is 5.32 Å². The molecule has 116 valence electrons. The highest BCUT2D eigenvalue weighted by Gasteiger charge is 2.07. The van der Waals surface area contributed by atoms with Crippen molar-refractivity contribution >= 4 is 17.5 Å². The number of rotatable bonds is 4. The van der Waals surface area contributed by atoms with Crippen molar-refractivity contribution in [3.63, 3.8) is 0 Å². The minimum absolute atomic E-state index is 0.142. The number of hydrogen-bond acceptors (Lipinski definition) is 2. The molecule has 0 spiro atoms. The zero-order valence-electron chi connectivity index (χ0n) is 12.7. The van der Waals surface area contributed by atoms with E-state index in [4.69, 9.17) is 11.6 Å². The van der Waals surface area contributed by atoms with Crippen molar-refractivity contribution in [2.75, 3.05) is 0 Å². The monoisotopic (exact) mass is 325 g/mol. The highest BCUT2D eigenvalue weighted by atomic mass is 35.5. The summed E-state index contributed by atoms with van der Waals surface area (Å²) in [5.41, 5.74) is 3.48.